The number of rotatable bonds is 8. The highest BCUT2D eigenvalue weighted by molar-refractivity contribution is 7.86. The molecule has 24 heavy (non-hydrogen) atoms. The van der Waals surface area contributed by atoms with E-state index < -0.39 is 33.1 Å². The second kappa shape index (κ2) is 8.36. The van der Waals surface area contributed by atoms with Crippen molar-refractivity contribution < 1.29 is 36.6 Å². The third kappa shape index (κ3) is 5.28. The molecule has 0 saturated heterocycles. The van der Waals surface area contributed by atoms with Gasteiger partial charge in [0.25, 0.3) is 15.8 Å². The number of carbonyl (C=O) groups excluding carboxylic acids is 2. The molecule has 0 saturated carbocycles. The Kier molecular flexibility index (Phi) is 6.80. The maximum atomic E-state index is 12.1. The van der Waals surface area contributed by atoms with Crippen molar-refractivity contribution in [1.82, 2.24) is 0 Å². The lowest BCUT2D eigenvalue weighted by molar-refractivity contribution is -0.384. The van der Waals surface area contributed by atoms with Gasteiger partial charge in [-0.3, -0.25) is 19.1 Å². The first-order chi connectivity index (χ1) is 11.2. The summed E-state index contributed by atoms with van der Waals surface area (Å²) in [5.41, 5.74) is -0.302. The lowest BCUT2D eigenvalue weighted by atomic mass is 10.2. The van der Waals surface area contributed by atoms with E-state index in [1.54, 1.807) is 0 Å². The van der Waals surface area contributed by atoms with E-state index in [0.717, 1.165) is 38.5 Å². The second-order valence-electron chi connectivity index (χ2n) is 4.43. The molecule has 132 valence electrons. The molecule has 0 aromatic heterocycles. The summed E-state index contributed by atoms with van der Waals surface area (Å²) in [6, 6.07) is 3.92. The van der Waals surface area contributed by atoms with Crippen LogP contribution in [0.2, 0.25) is 0 Å². The average molecular weight is 361 g/mol. The summed E-state index contributed by atoms with van der Waals surface area (Å²) in [5.74, 6) is -1.63. The van der Waals surface area contributed by atoms with Crippen LogP contribution >= 0.6 is 0 Å². The number of ether oxygens (including phenoxy) is 2. The molecule has 11 heteroatoms. The molecule has 0 bridgehead atoms. The van der Waals surface area contributed by atoms with Gasteiger partial charge >= 0.3 is 11.9 Å². The number of non-ortho nitro benzene ring substituents is 1. The summed E-state index contributed by atoms with van der Waals surface area (Å²) in [6.07, 6.45) is -2.08. The van der Waals surface area contributed by atoms with Gasteiger partial charge in [-0.05, 0) is 18.6 Å². The van der Waals surface area contributed by atoms with E-state index in [-0.39, 0.29) is 23.4 Å². The van der Waals surface area contributed by atoms with E-state index in [0.29, 0.717) is 0 Å². The molecule has 1 aromatic rings. The van der Waals surface area contributed by atoms with Crippen molar-refractivity contribution in [3.05, 3.63) is 34.4 Å². The maximum Gasteiger partial charge on any atom is 0.336 e. The van der Waals surface area contributed by atoms with Crippen LogP contribution in [-0.2, 0) is 33.4 Å². The highest BCUT2D eigenvalue weighted by atomic mass is 32.2. The van der Waals surface area contributed by atoms with Crippen LogP contribution in [0.3, 0.4) is 0 Å². The molecule has 0 amide bonds. The highest BCUT2D eigenvalue weighted by Gasteiger charge is 2.29. The smallest absolute Gasteiger partial charge is 0.336 e. The second-order valence-corrected chi connectivity index (χ2v) is 6.00. The predicted molar refractivity (Wildman–Crippen MR) is 78.4 cm³/mol. The molecule has 0 aliphatic rings. The van der Waals surface area contributed by atoms with Crippen LogP contribution in [0.25, 0.3) is 0 Å². The van der Waals surface area contributed by atoms with Crippen molar-refractivity contribution in [2.75, 3.05) is 14.2 Å². The SMILES string of the molecule is COC(=O)CCC(OS(=O)(=O)c1ccc([N+](=O)[O-])cc1)C(=O)OC. The van der Waals surface area contributed by atoms with Gasteiger partial charge in [0.05, 0.1) is 24.0 Å². The van der Waals surface area contributed by atoms with Gasteiger partial charge in [-0.15, -0.1) is 0 Å². The van der Waals surface area contributed by atoms with E-state index in [9.17, 15) is 28.1 Å². The minimum atomic E-state index is -4.39. The molecule has 1 aromatic carbocycles. The van der Waals surface area contributed by atoms with E-state index in [4.69, 9.17) is 4.18 Å². The Morgan fingerprint density at radius 1 is 1.17 bits per heavy atom. The Balaban J connectivity index is 2.95. The van der Waals surface area contributed by atoms with Crippen LogP contribution in [0.15, 0.2) is 29.2 Å². The van der Waals surface area contributed by atoms with Crippen molar-refractivity contribution in [2.24, 2.45) is 0 Å². The maximum absolute atomic E-state index is 12.1. The first-order valence-corrected chi connectivity index (χ1v) is 7.94. The van der Waals surface area contributed by atoms with Gasteiger partial charge in [0.1, 0.15) is 0 Å². The third-order valence-electron chi connectivity index (χ3n) is 2.88. The Hall–Kier alpha value is -2.53. The van der Waals surface area contributed by atoms with Crippen LogP contribution in [0.1, 0.15) is 12.8 Å². The van der Waals surface area contributed by atoms with Crippen molar-refractivity contribution in [2.45, 2.75) is 23.8 Å². The number of nitro benzene ring substituents is 1. The number of benzene rings is 1. The van der Waals surface area contributed by atoms with Gasteiger partial charge in [0, 0.05) is 18.6 Å². The lowest BCUT2D eigenvalue weighted by Crippen LogP contribution is -2.29. The molecule has 1 unspecified atom stereocenters. The number of hydrogen-bond acceptors (Lipinski definition) is 9. The first kappa shape index (κ1) is 19.5. The first-order valence-electron chi connectivity index (χ1n) is 6.53. The van der Waals surface area contributed by atoms with Crippen LogP contribution in [-0.4, -0.2) is 45.6 Å². The van der Waals surface area contributed by atoms with Crippen LogP contribution in [0, 0.1) is 10.1 Å². The Morgan fingerprint density at radius 2 is 1.75 bits per heavy atom. The number of nitro groups is 1. The van der Waals surface area contributed by atoms with Crippen LogP contribution in [0.5, 0.6) is 0 Å². The van der Waals surface area contributed by atoms with Crippen molar-refractivity contribution in [1.29, 1.82) is 0 Å². The van der Waals surface area contributed by atoms with Crippen molar-refractivity contribution in [3.8, 4) is 0 Å². The zero-order chi connectivity index (χ0) is 18.3. The van der Waals surface area contributed by atoms with Gasteiger partial charge in [0.15, 0.2) is 6.10 Å². The molecule has 0 aliphatic heterocycles. The standard InChI is InChI=1S/C13H15NO9S/c1-21-12(15)8-7-11(13(16)22-2)23-24(19,20)10-5-3-9(4-6-10)14(17)18/h3-6,11H,7-8H2,1-2H3. The van der Waals surface area contributed by atoms with Crippen molar-refractivity contribution >= 4 is 27.7 Å². The molecule has 0 radical (unpaired) electrons. The van der Waals surface area contributed by atoms with Gasteiger partial charge in [0.2, 0.25) is 0 Å². The monoisotopic (exact) mass is 361 g/mol. The van der Waals surface area contributed by atoms with Gasteiger partial charge in [-0.1, -0.05) is 0 Å². The van der Waals surface area contributed by atoms with E-state index in [1.807, 2.05) is 0 Å². The summed E-state index contributed by atoms with van der Waals surface area (Å²) >= 11 is 0. The summed E-state index contributed by atoms with van der Waals surface area (Å²) < 4.78 is 37.9. The number of hydrogen-bond donors (Lipinski definition) is 0. The molecule has 10 nitrogen and oxygen atoms in total. The Morgan fingerprint density at radius 3 is 2.21 bits per heavy atom. The van der Waals surface area contributed by atoms with E-state index in [1.165, 1.54) is 0 Å². The highest BCUT2D eigenvalue weighted by Crippen LogP contribution is 2.20. The molecule has 0 heterocycles. The molecular formula is C13H15NO9S. The molecular weight excluding hydrogens is 346 g/mol. The zero-order valence-corrected chi connectivity index (χ0v) is 13.6. The third-order valence-corrected chi connectivity index (χ3v) is 4.22. The number of esters is 2. The number of methoxy groups -OCH3 is 2. The van der Waals surface area contributed by atoms with Gasteiger partial charge < -0.3 is 9.47 Å². The topological polar surface area (TPSA) is 139 Å². The minimum absolute atomic E-state index is 0.258. The van der Waals surface area contributed by atoms with Gasteiger partial charge in [-0.2, -0.15) is 8.42 Å². The fourth-order valence-corrected chi connectivity index (χ4v) is 2.69. The normalized spacial score (nSPS) is 12.2. The van der Waals surface area contributed by atoms with E-state index in [2.05, 4.69) is 9.47 Å². The fraction of sp³-hybridized carbons (Fsp3) is 0.385. The number of nitrogens with zero attached hydrogens (tertiary/aromatic N) is 1. The molecule has 1 atom stereocenters. The minimum Gasteiger partial charge on any atom is -0.469 e. The predicted octanol–water partition coefficient (Wildman–Crippen LogP) is 0.795. The van der Waals surface area contributed by atoms with Crippen molar-refractivity contribution in [3.63, 3.8) is 0 Å². The Labute approximate surface area is 137 Å². The zero-order valence-electron chi connectivity index (χ0n) is 12.8. The summed E-state index contributed by atoms with van der Waals surface area (Å²) in [6.45, 7) is 0. The summed E-state index contributed by atoms with van der Waals surface area (Å²) in [5, 5.41) is 10.6. The summed E-state index contributed by atoms with van der Waals surface area (Å²) in [7, 11) is -2.21. The quantitative estimate of drug-likeness (QED) is 0.284. The molecule has 0 fully saturated rings. The molecule has 1 rings (SSSR count). The average Bonchev–Trinajstić information content (AvgIpc) is 2.57. The summed E-state index contributed by atoms with van der Waals surface area (Å²) in [4.78, 5) is 32.2. The molecule has 0 aliphatic carbocycles. The van der Waals surface area contributed by atoms with Crippen LogP contribution < -0.4 is 0 Å². The number of carbonyl (C=O) groups is 2. The molecule has 0 N–H and O–H groups in total. The van der Waals surface area contributed by atoms with Crippen LogP contribution in [0.4, 0.5) is 5.69 Å². The largest absolute Gasteiger partial charge is 0.469 e. The lowest BCUT2D eigenvalue weighted by Gasteiger charge is -2.14. The Bertz CT molecular complexity index is 711. The van der Waals surface area contributed by atoms with Gasteiger partial charge in [-0.25, -0.2) is 4.79 Å². The molecule has 0 spiro atoms. The fourth-order valence-electron chi connectivity index (χ4n) is 1.63. The van der Waals surface area contributed by atoms with E-state index >= 15 is 0 Å².